The van der Waals surface area contributed by atoms with Crippen LogP contribution in [-0.2, 0) is 18.4 Å². The van der Waals surface area contributed by atoms with Crippen molar-refractivity contribution in [3.63, 3.8) is 0 Å². The molecule has 0 saturated carbocycles. The van der Waals surface area contributed by atoms with Gasteiger partial charge in [-0.2, -0.15) is 5.10 Å². The van der Waals surface area contributed by atoms with Crippen molar-refractivity contribution in [3.8, 4) is 0 Å². The molecule has 16 heavy (non-hydrogen) atoms. The Morgan fingerprint density at radius 3 is 2.88 bits per heavy atom. The van der Waals surface area contributed by atoms with E-state index in [9.17, 15) is 4.79 Å². The molecule has 0 fully saturated rings. The SMILES string of the molecule is C=CCN(CC(=O)O)Cc1cnn(C)c1C. The Labute approximate surface area is 95.0 Å². The molecular formula is C11H17N3O2. The summed E-state index contributed by atoms with van der Waals surface area (Å²) in [5.41, 5.74) is 2.10. The van der Waals surface area contributed by atoms with Gasteiger partial charge in [0.1, 0.15) is 0 Å². The number of rotatable bonds is 6. The molecule has 0 spiro atoms. The monoisotopic (exact) mass is 223 g/mol. The fourth-order valence-electron chi connectivity index (χ4n) is 1.50. The number of hydrogen-bond donors (Lipinski definition) is 1. The number of aromatic nitrogens is 2. The zero-order chi connectivity index (χ0) is 12.1. The van der Waals surface area contributed by atoms with Gasteiger partial charge in [0.05, 0.1) is 12.7 Å². The molecule has 0 unspecified atom stereocenters. The lowest BCUT2D eigenvalue weighted by molar-refractivity contribution is -0.138. The van der Waals surface area contributed by atoms with Crippen molar-refractivity contribution in [3.05, 3.63) is 30.1 Å². The molecule has 0 saturated heterocycles. The van der Waals surface area contributed by atoms with Crippen molar-refractivity contribution >= 4 is 5.97 Å². The lowest BCUT2D eigenvalue weighted by Crippen LogP contribution is -2.29. The summed E-state index contributed by atoms with van der Waals surface area (Å²) in [5, 5.41) is 12.9. The van der Waals surface area contributed by atoms with Gasteiger partial charge >= 0.3 is 5.97 Å². The van der Waals surface area contributed by atoms with Crippen molar-refractivity contribution in [2.45, 2.75) is 13.5 Å². The van der Waals surface area contributed by atoms with Crippen LogP contribution in [0.5, 0.6) is 0 Å². The molecule has 0 atom stereocenters. The van der Waals surface area contributed by atoms with Crippen LogP contribution in [0.2, 0.25) is 0 Å². The minimum Gasteiger partial charge on any atom is -0.480 e. The number of nitrogens with zero attached hydrogens (tertiary/aromatic N) is 3. The molecule has 1 aromatic heterocycles. The third-order valence-electron chi connectivity index (χ3n) is 2.48. The zero-order valence-corrected chi connectivity index (χ0v) is 9.68. The minimum absolute atomic E-state index is 0.0142. The average molecular weight is 223 g/mol. The van der Waals surface area contributed by atoms with Crippen LogP contribution < -0.4 is 0 Å². The predicted molar refractivity (Wildman–Crippen MR) is 61.1 cm³/mol. The average Bonchev–Trinajstić information content (AvgIpc) is 2.49. The van der Waals surface area contributed by atoms with E-state index in [1.165, 1.54) is 0 Å². The van der Waals surface area contributed by atoms with E-state index in [1.807, 2.05) is 14.0 Å². The van der Waals surface area contributed by atoms with E-state index in [-0.39, 0.29) is 6.54 Å². The van der Waals surface area contributed by atoms with Gasteiger partial charge in [-0.1, -0.05) is 6.08 Å². The van der Waals surface area contributed by atoms with Crippen LogP contribution in [0, 0.1) is 6.92 Å². The first-order chi connectivity index (χ1) is 7.54. The Balaban J connectivity index is 2.70. The maximum absolute atomic E-state index is 10.7. The second-order valence-corrected chi connectivity index (χ2v) is 3.73. The highest BCUT2D eigenvalue weighted by atomic mass is 16.4. The molecule has 0 aliphatic carbocycles. The smallest absolute Gasteiger partial charge is 0.317 e. The van der Waals surface area contributed by atoms with Gasteiger partial charge in [0.2, 0.25) is 0 Å². The highest BCUT2D eigenvalue weighted by Gasteiger charge is 2.11. The number of carboxylic acid groups (broad SMARTS) is 1. The van der Waals surface area contributed by atoms with E-state index in [2.05, 4.69) is 11.7 Å². The summed E-state index contributed by atoms with van der Waals surface area (Å²) in [6.45, 7) is 6.74. The number of aryl methyl sites for hydroxylation is 1. The van der Waals surface area contributed by atoms with Crippen molar-refractivity contribution < 1.29 is 9.90 Å². The topological polar surface area (TPSA) is 58.4 Å². The van der Waals surface area contributed by atoms with E-state index in [1.54, 1.807) is 21.9 Å². The second-order valence-electron chi connectivity index (χ2n) is 3.73. The summed E-state index contributed by atoms with van der Waals surface area (Å²) in [6, 6.07) is 0. The van der Waals surface area contributed by atoms with Crippen molar-refractivity contribution in [1.82, 2.24) is 14.7 Å². The molecule has 1 N–H and O–H groups in total. The van der Waals surface area contributed by atoms with E-state index < -0.39 is 5.97 Å². The Bertz CT molecular complexity index is 385. The summed E-state index contributed by atoms with van der Waals surface area (Å²) in [6.07, 6.45) is 3.47. The maximum Gasteiger partial charge on any atom is 0.317 e. The molecule has 0 aliphatic heterocycles. The van der Waals surface area contributed by atoms with Gasteiger partial charge < -0.3 is 5.11 Å². The van der Waals surface area contributed by atoms with Gasteiger partial charge in [0, 0.05) is 31.4 Å². The standard InChI is InChI=1S/C11H17N3O2/c1-4-5-14(8-11(15)16)7-10-6-12-13(3)9(10)2/h4,6H,1,5,7-8H2,2-3H3,(H,15,16). The molecule has 5 heteroatoms. The molecule has 0 amide bonds. The van der Waals surface area contributed by atoms with Crippen LogP contribution in [0.15, 0.2) is 18.9 Å². The third-order valence-corrected chi connectivity index (χ3v) is 2.48. The predicted octanol–water partition coefficient (Wildman–Crippen LogP) is 0.801. The Morgan fingerprint density at radius 1 is 1.75 bits per heavy atom. The first-order valence-electron chi connectivity index (χ1n) is 5.07. The molecule has 5 nitrogen and oxygen atoms in total. The van der Waals surface area contributed by atoms with Crippen LogP contribution in [-0.4, -0.2) is 38.8 Å². The fraction of sp³-hybridized carbons (Fsp3) is 0.455. The van der Waals surface area contributed by atoms with E-state index >= 15 is 0 Å². The van der Waals surface area contributed by atoms with E-state index in [0.717, 1.165) is 11.3 Å². The van der Waals surface area contributed by atoms with Crippen LogP contribution in [0.4, 0.5) is 0 Å². The Kier molecular flexibility index (Phi) is 4.25. The first kappa shape index (κ1) is 12.4. The van der Waals surface area contributed by atoms with Gasteiger partial charge in [-0.15, -0.1) is 6.58 Å². The number of hydrogen-bond acceptors (Lipinski definition) is 3. The van der Waals surface area contributed by atoms with Gasteiger partial charge in [0.15, 0.2) is 0 Å². The number of aliphatic carboxylic acids is 1. The summed E-state index contributed by atoms with van der Waals surface area (Å²) in [4.78, 5) is 12.5. The van der Waals surface area contributed by atoms with Crippen LogP contribution >= 0.6 is 0 Å². The molecule has 1 rings (SSSR count). The lowest BCUT2D eigenvalue weighted by Gasteiger charge is -2.17. The van der Waals surface area contributed by atoms with Crippen LogP contribution in [0.1, 0.15) is 11.3 Å². The highest BCUT2D eigenvalue weighted by Crippen LogP contribution is 2.09. The molecule has 1 heterocycles. The highest BCUT2D eigenvalue weighted by molar-refractivity contribution is 5.69. The molecule has 0 radical (unpaired) electrons. The summed E-state index contributed by atoms with van der Waals surface area (Å²) in [7, 11) is 1.87. The van der Waals surface area contributed by atoms with Crippen molar-refractivity contribution in [1.29, 1.82) is 0 Å². The molecular weight excluding hydrogens is 206 g/mol. The summed E-state index contributed by atoms with van der Waals surface area (Å²) >= 11 is 0. The first-order valence-corrected chi connectivity index (χ1v) is 5.07. The lowest BCUT2D eigenvalue weighted by atomic mass is 10.2. The van der Waals surface area contributed by atoms with Gasteiger partial charge in [-0.05, 0) is 6.92 Å². The summed E-state index contributed by atoms with van der Waals surface area (Å²) in [5.74, 6) is -0.830. The third kappa shape index (κ3) is 3.20. The largest absolute Gasteiger partial charge is 0.480 e. The second kappa shape index (κ2) is 5.46. The quantitative estimate of drug-likeness (QED) is 0.725. The Hall–Kier alpha value is -1.62. The fourth-order valence-corrected chi connectivity index (χ4v) is 1.50. The van der Waals surface area contributed by atoms with E-state index in [4.69, 9.17) is 5.11 Å². The van der Waals surface area contributed by atoms with Crippen molar-refractivity contribution in [2.24, 2.45) is 7.05 Å². The van der Waals surface area contributed by atoms with Crippen LogP contribution in [0.3, 0.4) is 0 Å². The van der Waals surface area contributed by atoms with Gasteiger partial charge in [0.25, 0.3) is 0 Å². The maximum atomic E-state index is 10.7. The number of carbonyl (C=O) groups is 1. The minimum atomic E-state index is -0.830. The molecule has 88 valence electrons. The molecule has 0 aromatic carbocycles. The van der Waals surface area contributed by atoms with Gasteiger partial charge in [-0.3, -0.25) is 14.4 Å². The molecule has 0 aliphatic rings. The number of carboxylic acids is 1. The normalized spacial score (nSPS) is 10.7. The zero-order valence-electron chi connectivity index (χ0n) is 9.68. The Morgan fingerprint density at radius 2 is 2.44 bits per heavy atom. The van der Waals surface area contributed by atoms with E-state index in [0.29, 0.717) is 13.1 Å². The van der Waals surface area contributed by atoms with Crippen molar-refractivity contribution in [2.75, 3.05) is 13.1 Å². The van der Waals surface area contributed by atoms with Crippen LogP contribution in [0.25, 0.3) is 0 Å². The molecule has 1 aromatic rings. The summed E-state index contributed by atoms with van der Waals surface area (Å²) < 4.78 is 1.78. The molecule has 0 bridgehead atoms. The van der Waals surface area contributed by atoms with Gasteiger partial charge in [-0.25, -0.2) is 0 Å².